The molecule has 1 unspecified atom stereocenters. The Balaban J connectivity index is 1.52. The zero-order chi connectivity index (χ0) is 17.9. The van der Waals surface area contributed by atoms with Gasteiger partial charge in [0, 0.05) is 30.4 Å². The van der Waals surface area contributed by atoms with Crippen LogP contribution >= 0.6 is 11.6 Å². The van der Waals surface area contributed by atoms with E-state index in [0.29, 0.717) is 29.4 Å². The van der Waals surface area contributed by atoms with E-state index in [1.54, 1.807) is 30.7 Å². The second kappa shape index (κ2) is 7.30. The summed E-state index contributed by atoms with van der Waals surface area (Å²) >= 11 is 6.04. The number of hydrogen-bond donors (Lipinski definition) is 0. The maximum Gasteiger partial charge on any atom is 0.256 e. The third-order valence-electron chi connectivity index (χ3n) is 4.55. The first-order valence-corrected chi connectivity index (χ1v) is 8.98. The number of pyridine rings is 1. The number of carbonyl (C=O) groups is 1. The normalized spacial score (nSPS) is 16.8. The van der Waals surface area contributed by atoms with Gasteiger partial charge in [0.15, 0.2) is 0 Å². The summed E-state index contributed by atoms with van der Waals surface area (Å²) in [5.41, 5.74) is 1.65. The first kappa shape index (κ1) is 16.8. The molecule has 1 saturated heterocycles. The number of hydrogen-bond acceptors (Lipinski definition) is 4. The van der Waals surface area contributed by atoms with E-state index in [4.69, 9.17) is 16.0 Å². The van der Waals surface area contributed by atoms with Crippen LogP contribution < -0.4 is 0 Å². The number of oxazole rings is 1. The maximum absolute atomic E-state index is 12.8. The molecular weight excluding hydrogens is 350 g/mol. The van der Waals surface area contributed by atoms with Crippen LogP contribution in [0.25, 0.3) is 0 Å². The van der Waals surface area contributed by atoms with E-state index in [-0.39, 0.29) is 11.9 Å². The van der Waals surface area contributed by atoms with E-state index in [9.17, 15) is 4.79 Å². The summed E-state index contributed by atoms with van der Waals surface area (Å²) in [7, 11) is 0. The Morgan fingerprint density at radius 1 is 1.27 bits per heavy atom. The van der Waals surface area contributed by atoms with Crippen molar-refractivity contribution in [3.05, 3.63) is 82.8 Å². The van der Waals surface area contributed by atoms with Gasteiger partial charge in [-0.05, 0) is 42.7 Å². The molecule has 1 fully saturated rings. The number of amides is 1. The van der Waals surface area contributed by atoms with Crippen LogP contribution in [0.2, 0.25) is 5.02 Å². The molecule has 3 aromatic rings. The van der Waals surface area contributed by atoms with E-state index in [1.807, 2.05) is 29.2 Å². The molecular formula is C20H18ClN3O2. The van der Waals surface area contributed by atoms with Gasteiger partial charge < -0.3 is 9.32 Å². The van der Waals surface area contributed by atoms with E-state index in [1.165, 1.54) is 0 Å². The molecule has 4 rings (SSSR count). The van der Waals surface area contributed by atoms with Crippen LogP contribution in [0.5, 0.6) is 0 Å². The van der Waals surface area contributed by atoms with Crippen molar-refractivity contribution in [2.75, 3.05) is 6.54 Å². The molecule has 1 aliphatic rings. The van der Waals surface area contributed by atoms with Gasteiger partial charge in [0.05, 0.1) is 11.8 Å². The number of nitrogens with zero attached hydrogens (tertiary/aromatic N) is 3. The van der Waals surface area contributed by atoms with Gasteiger partial charge in [-0.25, -0.2) is 4.98 Å². The fraction of sp³-hybridized carbons (Fsp3) is 0.250. The Morgan fingerprint density at radius 3 is 3.00 bits per heavy atom. The Labute approximate surface area is 156 Å². The van der Waals surface area contributed by atoms with Gasteiger partial charge in [0.1, 0.15) is 11.8 Å². The Hall–Kier alpha value is -2.66. The number of likely N-dealkylation sites (tertiary alicyclic amines) is 1. The van der Waals surface area contributed by atoms with Gasteiger partial charge in [0.2, 0.25) is 5.89 Å². The average molecular weight is 368 g/mol. The molecule has 5 nitrogen and oxygen atoms in total. The largest absolute Gasteiger partial charge is 0.443 e. The van der Waals surface area contributed by atoms with E-state index >= 15 is 0 Å². The summed E-state index contributed by atoms with van der Waals surface area (Å²) in [5, 5.41) is 0.700. The zero-order valence-corrected chi connectivity index (χ0v) is 14.9. The lowest BCUT2D eigenvalue weighted by Crippen LogP contribution is -2.30. The molecule has 1 amide bonds. The first-order chi connectivity index (χ1) is 12.7. The van der Waals surface area contributed by atoms with Gasteiger partial charge >= 0.3 is 0 Å². The monoisotopic (exact) mass is 367 g/mol. The molecule has 2 aromatic heterocycles. The molecule has 1 aromatic carbocycles. The van der Waals surface area contributed by atoms with Crippen LogP contribution in [-0.4, -0.2) is 27.3 Å². The van der Waals surface area contributed by atoms with Gasteiger partial charge in [-0.1, -0.05) is 23.7 Å². The highest BCUT2D eigenvalue weighted by atomic mass is 35.5. The van der Waals surface area contributed by atoms with Crippen molar-refractivity contribution in [1.82, 2.24) is 14.9 Å². The maximum atomic E-state index is 12.8. The Bertz CT molecular complexity index is 910. The number of halogens is 1. The molecule has 0 radical (unpaired) electrons. The second-order valence-electron chi connectivity index (χ2n) is 6.37. The summed E-state index contributed by atoms with van der Waals surface area (Å²) in [4.78, 5) is 23.1. The van der Waals surface area contributed by atoms with Crippen LogP contribution in [-0.2, 0) is 6.42 Å². The summed E-state index contributed by atoms with van der Waals surface area (Å²) in [6, 6.07) is 11.1. The van der Waals surface area contributed by atoms with Crippen molar-refractivity contribution in [3.63, 3.8) is 0 Å². The predicted octanol–water partition coefficient (Wildman–Crippen LogP) is 4.29. The Kier molecular flexibility index (Phi) is 4.71. The lowest BCUT2D eigenvalue weighted by atomic mass is 10.1. The molecule has 132 valence electrons. The third-order valence-corrected chi connectivity index (χ3v) is 4.78. The van der Waals surface area contributed by atoms with Crippen LogP contribution in [0.3, 0.4) is 0 Å². The molecule has 0 spiro atoms. The number of benzene rings is 1. The molecule has 6 heteroatoms. The number of rotatable bonds is 4. The van der Waals surface area contributed by atoms with Crippen molar-refractivity contribution in [2.24, 2.45) is 0 Å². The predicted molar refractivity (Wildman–Crippen MR) is 98.0 cm³/mol. The SMILES string of the molecule is O=C(c1cccnc1)N1CCCC1c1ncc(Cc2cccc(Cl)c2)o1. The fourth-order valence-corrected chi connectivity index (χ4v) is 3.54. The number of carbonyl (C=O) groups excluding carboxylic acids is 1. The molecule has 0 saturated carbocycles. The van der Waals surface area contributed by atoms with Crippen LogP contribution in [0.4, 0.5) is 0 Å². The topological polar surface area (TPSA) is 59.2 Å². The van der Waals surface area contributed by atoms with Crippen LogP contribution in [0.15, 0.2) is 59.4 Å². The minimum absolute atomic E-state index is 0.0322. The Morgan fingerprint density at radius 2 is 2.19 bits per heavy atom. The summed E-state index contributed by atoms with van der Waals surface area (Å²) in [6.07, 6.45) is 7.40. The van der Waals surface area contributed by atoms with Gasteiger partial charge in [-0.2, -0.15) is 0 Å². The standard InChI is InChI=1S/C20H18ClN3O2/c21-16-6-1-4-14(10-16)11-17-13-23-19(26-17)18-7-3-9-24(18)20(25)15-5-2-8-22-12-15/h1-2,4-6,8,10,12-13,18H,3,7,9,11H2. The quantitative estimate of drug-likeness (QED) is 0.690. The average Bonchev–Trinajstić information content (AvgIpc) is 3.31. The van der Waals surface area contributed by atoms with Crippen molar-refractivity contribution in [1.29, 1.82) is 0 Å². The first-order valence-electron chi connectivity index (χ1n) is 8.61. The molecule has 0 N–H and O–H groups in total. The molecule has 1 aliphatic heterocycles. The van der Waals surface area contributed by atoms with Gasteiger partial charge in [-0.15, -0.1) is 0 Å². The van der Waals surface area contributed by atoms with E-state index < -0.39 is 0 Å². The summed E-state index contributed by atoms with van der Waals surface area (Å²) in [5.74, 6) is 1.33. The highest BCUT2D eigenvalue weighted by Gasteiger charge is 2.33. The summed E-state index contributed by atoms with van der Waals surface area (Å²) in [6.45, 7) is 0.699. The number of aromatic nitrogens is 2. The molecule has 0 bridgehead atoms. The van der Waals surface area contributed by atoms with Gasteiger partial charge in [0.25, 0.3) is 5.91 Å². The fourth-order valence-electron chi connectivity index (χ4n) is 3.33. The van der Waals surface area contributed by atoms with Crippen LogP contribution in [0.1, 0.15) is 46.5 Å². The minimum Gasteiger partial charge on any atom is -0.443 e. The molecule has 1 atom stereocenters. The molecule has 0 aliphatic carbocycles. The lowest BCUT2D eigenvalue weighted by Gasteiger charge is -2.22. The van der Waals surface area contributed by atoms with E-state index in [2.05, 4.69) is 9.97 Å². The lowest BCUT2D eigenvalue weighted by molar-refractivity contribution is 0.0714. The highest BCUT2D eigenvalue weighted by Crippen LogP contribution is 2.33. The highest BCUT2D eigenvalue weighted by molar-refractivity contribution is 6.30. The second-order valence-corrected chi connectivity index (χ2v) is 6.81. The minimum atomic E-state index is -0.129. The van der Waals surface area contributed by atoms with Gasteiger partial charge in [-0.3, -0.25) is 9.78 Å². The van der Waals surface area contributed by atoms with Crippen molar-refractivity contribution in [2.45, 2.75) is 25.3 Å². The third kappa shape index (κ3) is 3.48. The van der Waals surface area contributed by atoms with Crippen molar-refractivity contribution >= 4 is 17.5 Å². The van der Waals surface area contributed by atoms with Crippen molar-refractivity contribution < 1.29 is 9.21 Å². The van der Waals surface area contributed by atoms with Crippen LogP contribution in [0, 0.1) is 0 Å². The zero-order valence-electron chi connectivity index (χ0n) is 14.1. The molecule has 26 heavy (non-hydrogen) atoms. The van der Waals surface area contributed by atoms with E-state index in [0.717, 1.165) is 24.2 Å². The smallest absolute Gasteiger partial charge is 0.256 e. The summed E-state index contributed by atoms with van der Waals surface area (Å²) < 4.78 is 5.96. The van der Waals surface area contributed by atoms with Crippen molar-refractivity contribution in [3.8, 4) is 0 Å². The molecule has 3 heterocycles.